The van der Waals surface area contributed by atoms with Crippen molar-refractivity contribution in [2.75, 3.05) is 33.9 Å². The van der Waals surface area contributed by atoms with Gasteiger partial charge in [-0.05, 0) is 24.8 Å². The zero-order valence-electron chi connectivity index (χ0n) is 13.5. The molecule has 0 saturated carbocycles. The summed E-state index contributed by atoms with van der Waals surface area (Å²) in [5, 5.41) is 6.64. The predicted octanol–water partition coefficient (Wildman–Crippen LogP) is 2.92. The number of nitrogens with zero attached hydrogens (tertiary/aromatic N) is 1. The number of aliphatic imine (C=N–C) groups is 1. The van der Waals surface area contributed by atoms with Crippen LogP contribution in [0.5, 0.6) is 0 Å². The number of rotatable bonds is 7. The van der Waals surface area contributed by atoms with Crippen molar-refractivity contribution in [2.45, 2.75) is 26.2 Å². The molecule has 1 aromatic carbocycles. The lowest BCUT2D eigenvalue weighted by molar-refractivity contribution is 0.195. The molecule has 1 aromatic rings. The first-order chi connectivity index (χ1) is 9.67. The third-order valence-electron chi connectivity index (χ3n) is 3.26. The molecule has 0 spiro atoms. The van der Waals surface area contributed by atoms with Crippen molar-refractivity contribution in [3.63, 3.8) is 0 Å². The second-order valence-electron chi connectivity index (χ2n) is 5.04. The SMILES string of the molecule is CN=C(NCCCOC)NCC(C)c1ccc(C)cc1.I. The fourth-order valence-corrected chi connectivity index (χ4v) is 1.91. The highest BCUT2D eigenvalue weighted by molar-refractivity contribution is 14.0. The molecule has 1 atom stereocenters. The molecule has 0 amide bonds. The van der Waals surface area contributed by atoms with Gasteiger partial charge >= 0.3 is 0 Å². The Labute approximate surface area is 145 Å². The summed E-state index contributed by atoms with van der Waals surface area (Å²) in [5.74, 6) is 1.30. The topological polar surface area (TPSA) is 45.7 Å². The van der Waals surface area contributed by atoms with Gasteiger partial charge in [-0.15, -0.1) is 24.0 Å². The molecule has 2 N–H and O–H groups in total. The fourth-order valence-electron chi connectivity index (χ4n) is 1.91. The van der Waals surface area contributed by atoms with Gasteiger partial charge in [-0.2, -0.15) is 0 Å². The Bertz CT molecular complexity index is 406. The first-order valence-corrected chi connectivity index (χ1v) is 7.17. The molecular weight excluding hydrogens is 377 g/mol. The van der Waals surface area contributed by atoms with Crippen LogP contribution in [0.3, 0.4) is 0 Å². The van der Waals surface area contributed by atoms with Gasteiger partial charge in [0.15, 0.2) is 5.96 Å². The lowest BCUT2D eigenvalue weighted by atomic mass is 10.0. The van der Waals surface area contributed by atoms with Crippen LogP contribution in [0.2, 0.25) is 0 Å². The molecule has 0 bridgehead atoms. The normalized spacial score (nSPS) is 12.5. The number of aryl methyl sites for hydroxylation is 1. The molecule has 4 nitrogen and oxygen atoms in total. The average molecular weight is 405 g/mol. The Morgan fingerprint density at radius 3 is 2.48 bits per heavy atom. The van der Waals surface area contributed by atoms with Crippen LogP contribution in [0.1, 0.15) is 30.4 Å². The number of nitrogens with one attached hydrogen (secondary N) is 2. The van der Waals surface area contributed by atoms with Gasteiger partial charge in [0.05, 0.1) is 0 Å². The maximum Gasteiger partial charge on any atom is 0.190 e. The van der Waals surface area contributed by atoms with Gasteiger partial charge in [0.2, 0.25) is 0 Å². The monoisotopic (exact) mass is 405 g/mol. The summed E-state index contributed by atoms with van der Waals surface area (Å²) >= 11 is 0. The molecule has 21 heavy (non-hydrogen) atoms. The maximum atomic E-state index is 5.02. The number of hydrogen-bond donors (Lipinski definition) is 2. The molecule has 0 heterocycles. The van der Waals surface area contributed by atoms with Gasteiger partial charge in [0, 0.05) is 33.9 Å². The van der Waals surface area contributed by atoms with Crippen LogP contribution in [0.25, 0.3) is 0 Å². The van der Waals surface area contributed by atoms with Crippen molar-refractivity contribution in [2.24, 2.45) is 4.99 Å². The minimum absolute atomic E-state index is 0. The second kappa shape index (κ2) is 11.8. The summed E-state index contributed by atoms with van der Waals surface area (Å²) in [5.41, 5.74) is 2.64. The minimum Gasteiger partial charge on any atom is -0.385 e. The summed E-state index contributed by atoms with van der Waals surface area (Å²) in [6.45, 7) is 6.83. The molecular formula is C16H28IN3O. The van der Waals surface area contributed by atoms with E-state index in [2.05, 4.69) is 53.7 Å². The van der Waals surface area contributed by atoms with Crippen LogP contribution in [-0.4, -0.2) is 39.8 Å². The molecule has 1 unspecified atom stereocenters. The first-order valence-electron chi connectivity index (χ1n) is 7.17. The Morgan fingerprint density at radius 1 is 1.24 bits per heavy atom. The largest absolute Gasteiger partial charge is 0.385 e. The van der Waals surface area contributed by atoms with E-state index in [4.69, 9.17) is 4.74 Å². The van der Waals surface area contributed by atoms with Crippen molar-refractivity contribution in [1.82, 2.24) is 10.6 Å². The Kier molecular flexibility index (Phi) is 11.3. The second-order valence-corrected chi connectivity index (χ2v) is 5.04. The smallest absolute Gasteiger partial charge is 0.190 e. The number of ether oxygens (including phenoxy) is 1. The molecule has 0 aliphatic heterocycles. The summed E-state index contributed by atoms with van der Waals surface area (Å²) in [6.07, 6.45) is 0.977. The van der Waals surface area contributed by atoms with E-state index in [1.165, 1.54) is 11.1 Å². The number of halogens is 1. The van der Waals surface area contributed by atoms with E-state index in [1.807, 2.05) is 0 Å². The highest BCUT2D eigenvalue weighted by Crippen LogP contribution is 2.14. The number of methoxy groups -OCH3 is 1. The Morgan fingerprint density at radius 2 is 1.90 bits per heavy atom. The van der Waals surface area contributed by atoms with Gasteiger partial charge in [-0.3, -0.25) is 4.99 Å². The van der Waals surface area contributed by atoms with Crippen molar-refractivity contribution < 1.29 is 4.74 Å². The van der Waals surface area contributed by atoms with Gasteiger partial charge in [-0.25, -0.2) is 0 Å². The van der Waals surface area contributed by atoms with E-state index in [0.29, 0.717) is 5.92 Å². The molecule has 0 radical (unpaired) electrons. The highest BCUT2D eigenvalue weighted by atomic mass is 127. The summed E-state index contributed by atoms with van der Waals surface area (Å²) in [7, 11) is 3.51. The van der Waals surface area contributed by atoms with Crippen molar-refractivity contribution in [1.29, 1.82) is 0 Å². The Hall–Kier alpha value is -0.820. The van der Waals surface area contributed by atoms with E-state index in [9.17, 15) is 0 Å². The van der Waals surface area contributed by atoms with Crippen molar-refractivity contribution in [3.05, 3.63) is 35.4 Å². The van der Waals surface area contributed by atoms with E-state index >= 15 is 0 Å². The third kappa shape index (κ3) is 8.26. The van der Waals surface area contributed by atoms with Gasteiger partial charge < -0.3 is 15.4 Å². The standard InChI is InChI=1S/C16H27N3O.HI/c1-13-6-8-15(9-7-13)14(2)12-19-16(17-3)18-10-5-11-20-4;/h6-9,14H,5,10-12H2,1-4H3,(H2,17,18,19);1H. The van der Waals surface area contributed by atoms with Crippen LogP contribution in [0.4, 0.5) is 0 Å². The molecule has 0 fully saturated rings. The van der Waals surface area contributed by atoms with E-state index < -0.39 is 0 Å². The molecule has 0 saturated heterocycles. The summed E-state index contributed by atoms with van der Waals surface area (Å²) in [6, 6.07) is 8.69. The lowest BCUT2D eigenvalue weighted by Gasteiger charge is -2.16. The first kappa shape index (κ1) is 20.2. The highest BCUT2D eigenvalue weighted by Gasteiger charge is 2.06. The van der Waals surface area contributed by atoms with Crippen LogP contribution in [0.15, 0.2) is 29.3 Å². The average Bonchev–Trinajstić information content (AvgIpc) is 2.47. The van der Waals surface area contributed by atoms with Crippen LogP contribution in [0, 0.1) is 6.92 Å². The molecule has 0 aliphatic carbocycles. The zero-order valence-corrected chi connectivity index (χ0v) is 15.8. The predicted molar refractivity (Wildman–Crippen MR) is 101 cm³/mol. The van der Waals surface area contributed by atoms with Crippen LogP contribution < -0.4 is 10.6 Å². The molecule has 0 aliphatic rings. The summed E-state index contributed by atoms with van der Waals surface area (Å²) < 4.78 is 5.02. The molecule has 1 rings (SSSR count). The number of benzene rings is 1. The lowest BCUT2D eigenvalue weighted by Crippen LogP contribution is -2.39. The molecule has 120 valence electrons. The van der Waals surface area contributed by atoms with Crippen molar-refractivity contribution in [3.8, 4) is 0 Å². The maximum absolute atomic E-state index is 5.02. The number of guanidine groups is 1. The van der Waals surface area contributed by atoms with E-state index in [1.54, 1.807) is 14.2 Å². The summed E-state index contributed by atoms with van der Waals surface area (Å²) in [4.78, 5) is 4.22. The van der Waals surface area contributed by atoms with Crippen molar-refractivity contribution >= 4 is 29.9 Å². The van der Waals surface area contributed by atoms with Crippen LogP contribution in [-0.2, 0) is 4.74 Å². The molecule has 0 aromatic heterocycles. The third-order valence-corrected chi connectivity index (χ3v) is 3.26. The number of hydrogen-bond acceptors (Lipinski definition) is 2. The van der Waals surface area contributed by atoms with Gasteiger partial charge in [0.1, 0.15) is 0 Å². The van der Waals surface area contributed by atoms with Gasteiger partial charge in [0.25, 0.3) is 0 Å². The molecule has 5 heteroatoms. The Balaban J connectivity index is 0.00000400. The fraction of sp³-hybridized carbons (Fsp3) is 0.562. The van der Waals surface area contributed by atoms with E-state index in [0.717, 1.165) is 32.1 Å². The van der Waals surface area contributed by atoms with Gasteiger partial charge in [-0.1, -0.05) is 36.8 Å². The minimum atomic E-state index is 0. The van der Waals surface area contributed by atoms with Crippen LogP contribution >= 0.6 is 24.0 Å². The zero-order chi connectivity index (χ0) is 14.8. The quantitative estimate of drug-likeness (QED) is 0.317. The van der Waals surface area contributed by atoms with E-state index in [-0.39, 0.29) is 24.0 Å².